The number of halogens is 1. The predicted octanol–water partition coefficient (Wildman–Crippen LogP) is 1.97. The Morgan fingerprint density at radius 3 is 2.54 bits per heavy atom. The second-order valence-corrected chi connectivity index (χ2v) is 10.1. The van der Waals surface area contributed by atoms with E-state index in [9.17, 15) is 22.8 Å². The van der Waals surface area contributed by atoms with Crippen molar-refractivity contribution in [3.63, 3.8) is 0 Å². The van der Waals surface area contributed by atoms with E-state index in [1.807, 2.05) is 6.92 Å². The number of amides is 4. The molecule has 1 fully saturated rings. The summed E-state index contributed by atoms with van der Waals surface area (Å²) in [6.45, 7) is 1.46. The summed E-state index contributed by atoms with van der Waals surface area (Å²) in [7, 11) is -2.35. The van der Waals surface area contributed by atoms with E-state index in [1.165, 1.54) is 19.2 Å². The number of nitrogens with two attached hydrogens (primary N) is 1. The van der Waals surface area contributed by atoms with Gasteiger partial charge in [-0.2, -0.15) is 0 Å². The number of nitrogens with one attached hydrogen (secondary N) is 2. The van der Waals surface area contributed by atoms with E-state index in [1.54, 1.807) is 30.3 Å². The summed E-state index contributed by atoms with van der Waals surface area (Å²) in [6.07, 6.45) is 0.663. The van der Waals surface area contributed by atoms with E-state index in [2.05, 4.69) is 10.6 Å². The van der Waals surface area contributed by atoms with Gasteiger partial charge in [0.05, 0.1) is 24.0 Å². The summed E-state index contributed by atoms with van der Waals surface area (Å²) in [5, 5.41) is 11.1. The molecule has 1 saturated heterocycles. The van der Waals surface area contributed by atoms with E-state index in [4.69, 9.17) is 21.5 Å². The van der Waals surface area contributed by atoms with Gasteiger partial charge in [0.25, 0.3) is 0 Å². The normalized spacial score (nSPS) is 17.4. The fourth-order valence-electron chi connectivity index (χ4n) is 3.86. The monoisotopic (exact) mass is 522 g/mol. The Balaban J connectivity index is 1.80. The first-order chi connectivity index (χ1) is 16.5. The van der Waals surface area contributed by atoms with Crippen molar-refractivity contribution >= 4 is 39.5 Å². The van der Waals surface area contributed by atoms with Gasteiger partial charge < -0.3 is 15.4 Å². The van der Waals surface area contributed by atoms with Crippen molar-refractivity contribution in [2.24, 2.45) is 11.1 Å². The van der Waals surface area contributed by atoms with E-state index < -0.39 is 46.4 Å². The van der Waals surface area contributed by atoms with Gasteiger partial charge in [-0.25, -0.2) is 18.4 Å². The van der Waals surface area contributed by atoms with Crippen LogP contribution in [0.15, 0.2) is 47.4 Å². The number of carbonyl (C=O) groups excluding carboxylic acids is 3. The number of urea groups is 1. The topological polar surface area (TPSA) is 148 Å². The molecule has 0 radical (unpaired) electrons. The molecule has 2 aromatic rings. The molecule has 12 heteroatoms. The van der Waals surface area contributed by atoms with Crippen LogP contribution in [0.5, 0.6) is 5.75 Å². The van der Waals surface area contributed by atoms with Crippen molar-refractivity contribution < 1.29 is 27.5 Å². The molecular formula is C23H27ClN4O6S. The second-order valence-electron chi connectivity index (χ2n) is 8.11. The number of methoxy groups -OCH3 is 1. The molecule has 10 nitrogen and oxygen atoms in total. The Kier molecular flexibility index (Phi) is 8.36. The van der Waals surface area contributed by atoms with Crippen molar-refractivity contribution in [2.45, 2.75) is 30.7 Å². The van der Waals surface area contributed by atoms with E-state index in [0.29, 0.717) is 28.3 Å². The first kappa shape index (κ1) is 26.5. The van der Waals surface area contributed by atoms with Crippen molar-refractivity contribution in [1.29, 1.82) is 0 Å². The summed E-state index contributed by atoms with van der Waals surface area (Å²) in [6, 6.07) is 9.56. The highest BCUT2D eigenvalue weighted by Gasteiger charge is 2.35. The molecule has 1 aliphatic rings. The van der Waals surface area contributed by atoms with Gasteiger partial charge in [-0.05, 0) is 54.3 Å². The quantitative estimate of drug-likeness (QED) is 0.506. The maximum absolute atomic E-state index is 13.3. The van der Waals surface area contributed by atoms with Crippen molar-refractivity contribution in [3.05, 3.63) is 58.6 Å². The highest BCUT2D eigenvalue weighted by molar-refractivity contribution is 7.89. The minimum atomic E-state index is -3.85. The van der Waals surface area contributed by atoms with Gasteiger partial charge in [-0.15, -0.1) is 0 Å². The van der Waals surface area contributed by atoms with Crippen LogP contribution in [0, 0.1) is 5.92 Å². The van der Waals surface area contributed by atoms with Crippen molar-refractivity contribution in [3.8, 4) is 5.75 Å². The number of benzene rings is 2. The Hall–Kier alpha value is -3.15. The van der Waals surface area contributed by atoms with Crippen LogP contribution in [-0.4, -0.2) is 51.4 Å². The average molecular weight is 523 g/mol. The molecule has 2 unspecified atom stereocenters. The van der Waals surface area contributed by atoms with Gasteiger partial charge in [0.1, 0.15) is 12.3 Å². The standard InChI is InChI=1S/C23H27ClN4O6S/c1-3-19(14-4-7-18(8-5-14)35(25,32)33)27-23(31)28-13-21(29)26-12-16(22(28)30)10-15-11-17(24)6-9-20(15)34-2/h4-9,11,16,19H,3,10,12-13H2,1-2H3,(H,26,29)(H,27,31)(H2,25,32,33). The lowest BCUT2D eigenvalue weighted by Gasteiger charge is -2.25. The number of sulfonamides is 1. The van der Waals surface area contributed by atoms with Crippen LogP contribution >= 0.6 is 11.6 Å². The Morgan fingerprint density at radius 1 is 1.26 bits per heavy atom. The Bertz CT molecular complexity index is 1220. The SMILES string of the molecule is CCC(NC(=O)N1CC(=O)NCC(Cc2cc(Cl)ccc2OC)C1=O)c1ccc(S(N)(=O)=O)cc1. The zero-order valence-corrected chi connectivity index (χ0v) is 20.9. The molecule has 0 saturated carbocycles. The molecule has 188 valence electrons. The molecule has 0 spiro atoms. The molecule has 2 aromatic carbocycles. The minimum absolute atomic E-state index is 0.0546. The molecule has 1 heterocycles. The van der Waals surface area contributed by atoms with Crippen molar-refractivity contribution in [2.75, 3.05) is 20.2 Å². The third-order valence-electron chi connectivity index (χ3n) is 5.73. The molecule has 4 amide bonds. The van der Waals surface area contributed by atoms with Crippen LogP contribution in [0.2, 0.25) is 5.02 Å². The average Bonchev–Trinajstić information content (AvgIpc) is 2.96. The maximum Gasteiger partial charge on any atom is 0.325 e. The predicted molar refractivity (Wildman–Crippen MR) is 129 cm³/mol. The van der Waals surface area contributed by atoms with Gasteiger partial charge in [-0.3, -0.25) is 14.5 Å². The molecule has 2 atom stereocenters. The van der Waals surface area contributed by atoms with Gasteiger partial charge in [0.15, 0.2) is 0 Å². The first-order valence-electron chi connectivity index (χ1n) is 10.9. The van der Waals surface area contributed by atoms with Crippen LogP contribution in [0.1, 0.15) is 30.5 Å². The Morgan fingerprint density at radius 2 is 1.94 bits per heavy atom. The number of imide groups is 1. The van der Waals surface area contributed by atoms with Crippen LogP contribution in [0.4, 0.5) is 4.79 Å². The second kappa shape index (κ2) is 11.1. The van der Waals surface area contributed by atoms with E-state index >= 15 is 0 Å². The largest absolute Gasteiger partial charge is 0.496 e. The third-order valence-corrected chi connectivity index (χ3v) is 6.90. The number of rotatable bonds is 7. The molecule has 1 aliphatic heterocycles. The number of primary sulfonamides is 1. The molecule has 35 heavy (non-hydrogen) atoms. The number of hydrogen-bond acceptors (Lipinski definition) is 6. The zero-order valence-electron chi connectivity index (χ0n) is 19.3. The van der Waals surface area contributed by atoms with Gasteiger partial charge in [-0.1, -0.05) is 30.7 Å². The van der Waals surface area contributed by atoms with Crippen LogP contribution < -0.4 is 20.5 Å². The van der Waals surface area contributed by atoms with E-state index in [-0.39, 0.29) is 17.9 Å². The number of carbonyl (C=O) groups is 3. The lowest BCUT2D eigenvalue weighted by Crippen LogP contribution is -2.48. The highest BCUT2D eigenvalue weighted by Crippen LogP contribution is 2.26. The molecular weight excluding hydrogens is 496 g/mol. The van der Waals surface area contributed by atoms with Gasteiger partial charge in [0, 0.05) is 11.6 Å². The van der Waals surface area contributed by atoms with Crippen LogP contribution in [0.3, 0.4) is 0 Å². The minimum Gasteiger partial charge on any atom is -0.496 e. The van der Waals surface area contributed by atoms with Crippen molar-refractivity contribution in [1.82, 2.24) is 15.5 Å². The lowest BCUT2D eigenvalue weighted by molar-refractivity contribution is -0.133. The van der Waals surface area contributed by atoms with E-state index in [0.717, 1.165) is 4.90 Å². The van der Waals surface area contributed by atoms with Gasteiger partial charge >= 0.3 is 6.03 Å². The summed E-state index contributed by atoms with van der Waals surface area (Å²) in [5.41, 5.74) is 1.30. The molecule has 4 N–H and O–H groups in total. The Labute approximate surface area is 208 Å². The number of ether oxygens (including phenoxy) is 1. The summed E-state index contributed by atoms with van der Waals surface area (Å²) >= 11 is 6.10. The van der Waals surface area contributed by atoms with Gasteiger partial charge in [0.2, 0.25) is 21.8 Å². The highest BCUT2D eigenvalue weighted by atomic mass is 35.5. The van der Waals surface area contributed by atoms with Crippen LogP contribution in [-0.2, 0) is 26.0 Å². The first-order valence-corrected chi connectivity index (χ1v) is 12.8. The fraction of sp³-hybridized carbons (Fsp3) is 0.348. The molecule has 0 bridgehead atoms. The number of hydrogen-bond donors (Lipinski definition) is 3. The third kappa shape index (κ3) is 6.50. The number of nitrogens with zero attached hydrogens (tertiary/aromatic N) is 1. The summed E-state index contributed by atoms with van der Waals surface area (Å²) in [5.74, 6) is -1.14. The molecule has 0 aromatic heterocycles. The molecule has 3 rings (SSSR count). The van der Waals surface area contributed by atoms with Crippen LogP contribution in [0.25, 0.3) is 0 Å². The smallest absolute Gasteiger partial charge is 0.325 e. The zero-order chi connectivity index (χ0) is 25.8. The lowest BCUT2D eigenvalue weighted by atomic mass is 9.97. The summed E-state index contributed by atoms with van der Waals surface area (Å²) in [4.78, 5) is 39.5. The summed E-state index contributed by atoms with van der Waals surface area (Å²) < 4.78 is 28.4. The fourth-order valence-corrected chi connectivity index (χ4v) is 4.57. The maximum atomic E-state index is 13.3. The molecule has 0 aliphatic carbocycles.